The summed E-state index contributed by atoms with van der Waals surface area (Å²) in [5.74, 6) is 0.857. The van der Waals surface area contributed by atoms with E-state index in [9.17, 15) is 4.79 Å². The average molecular weight is 386 g/mol. The summed E-state index contributed by atoms with van der Waals surface area (Å²) in [6.45, 7) is 4.03. The molecule has 0 spiro atoms. The van der Waals surface area contributed by atoms with Crippen LogP contribution >= 0.6 is 11.3 Å². The zero-order valence-corrected chi connectivity index (χ0v) is 16.2. The average Bonchev–Trinajstić information content (AvgIpc) is 3.33. The Hall–Kier alpha value is -2.61. The van der Waals surface area contributed by atoms with Crippen molar-refractivity contribution in [3.63, 3.8) is 0 Å². The molecule has 27 heavy (non-hydrogen) atoms. The highest BCUT2D eigenvalue weighted by molar-refractivity contribution is 7.20. The SMILES string of the molecule is CCn1nccc1C(=O)N1CCC(Oc2nc3ccc(OC)cc3s2)CC1. The van der Waals surface area contributed by atoms with Crippen LogP contribution in [0.4, 0.5) is 0 Å². The number of rotatable bonds is 5. The van der Waals surface area contributed by atoms with Crippen molar-refractivity contribution in [3.05, 3.63) is 36.2 Å². The van der Waals surface area contributed by atoms with Gasteiger partial charge < -0.3 is 14.4 Å². The first-order valence-electron chi connectivity index (χ1n) is 9.10. The molecule has 1 aliphatic rings. The lowest BCUT2D eigenvalue weighted by atomic mass is 10.1. The predicted molar refractivity (Wildman–Crippen MR) is 104 cm³/mol. The van der Waals surface area contributed by atoms with Gasteiger partial charge in [-0.15, -0.1) is 0 Å². The van der Waals surface area contributed by atoms with Crippen molar-refractivity contribution in [1.82, 2.24) is 19.7 Å². The molecule has 7 nitrogen and oxygen atoms in total. The number of aryl methyl sites for hydroxylation is 1. The third-order valence-corrected chi connectivity index (χ3v) is 5.72. The second kappa shape index (κ2) is 7.56. The van der Waals surface area contributed by atoms with Gasteiger partial charge in [0, 0.05) is 38.7 Å². The van der Waals surface area contributed by atoms with E-state index in [1.165, 1.54) is 11.3 Å². The molecule has 142 valence electrons. The molecule has 0 radical (unpaired) electrons. The van der Waals surface area contributed by atoms with Crippen molar-refractivity contribution >= 4 is 27.5 Å². The third kappa shape index (κ3) is 3.62. The van der Waals surface area contributed by atoms with E-state index in [0.717, 1.165) is 28.8 Å². The number of thiazole rings is 1. The van der Waals surface area contributed by atoms with Crippen molar-refractivity contribution in [2.45, 2.75) is 32.4 Å². The van der Waals surface area contributed by atoms with Gasteiger partial charge in [0.05, 0.1) is 17.3 Å². The van der Waals surface area contributed by atoms with Gasteiger partial charge in [0.1, 0.15) is 17.5 Å². The highest BCUT2D eigenvalue weighted by atomic mass is 32.1. The Kier molecular flexibility index (Phi) is 4.98. The van der Waals surface area contributed by atoms with E-state index in [0.29, 0.717) is 30.5 Å². The monoisotopic (exact) mass is 386 g/mol. The summed E-state index contributed by atoms with van der Waals surface area (Å²) in [5.41, 5.74) is 1.56. The van der Waals surface area contributed by atoms with Gasteiger partial charge in [-0.1, -0.05) is 11.3 Å². The number of hydrogen-bond acceptors (Lipinski definition) is 6. The number of likely N-dealkylation sites (tertiary alicyclic amines) is 1. The molecule has 3 aromatic rings. The number of amides is 1. The van der Waals surface area contributed by atoms with E-state index < -0.39 is 0 Å². The van der Waals surface area contributed by atoms with Gasteiger partial charge in [-0.05, 0) is 31.2 Å². The molecular formula is C19H22N4O3S. The lowest BCUT2D eigenvalue weighted by molar-refractivity contribution is 0.0584. The summed E-state index contributed by atoms with van der Waals surface area (Å²) in [4.78, 5) is 19.1. The number of benzene rings is 1. The summed E-state index contributed by atoms with van der Waals surface area (Å²) in [5, 5.41) is 4.86. The van der Waals surface area contributed by atoms with Crippen LogP contribution in [-0.2, 0) is 6.54 Å². The van der Waals surface area contributed by atoms with Gasteiger partial charge in [0.15, 0.2) is 0 Å². The highest BCUT2D eigenvalue weighted by Crippen LogP contribution is 2.32. The first-order chi connectivity index (χ1) is 13.2. The Morgan fingerprint density at radius 1 is 1.30 bits per heavy atom. The molecule has 1 amide bonds. The molecule has 0 atom stereocenters. The number of fused-ring (bicyclic) bond motifs is 1. The van der Waals surface area contributed by atoms with Crippen molar-refractivity contribution in [2.24, 2.45) is 0 Å². The van der Waals surface area contributed by atoms with Crippen LogP contribution in [0.2, 0.25) is 0 Å². The Morgan fingerprint density at radius 3 is 2.85 bits per heavy atom. The van der Waals surface area contributed by atoms with Gasteiger partial charge in [0.25, 0.3) is 11.1 Å². The molecule has 1 fully saturated rings. The van der Waals surface area contributed by atoms with E-state index >= 15 is 0 Å². The smallest absolute Gasteiger partial charge is 0.274 e. The van der Waals surface area contributed by atoms with Crippen LogP contribution in [0.5, 0.6) is 10.9 Å². The molecule has 4 rings (SSSR count). The topological polar surface area (TPSA) is 69.5 Å². The quantitative estimate of drug-likeness (QED) is 0.673. The second-order valence-corrected chi connectivity index (χ2v) is 7.45. The molecule has 0 saturated carbocycles. The Morgan fingerprint density at radius 2 is 2.11 bits per heavy atom. The maximum absolute atomic E-state index is 12.7. The minimum absolute atomic E-state index is 0.0416. The number of methoxy groups -OCH3 is 1. The fourth-order valence-electron chi connectivity index (χ4n) is 3.31. The fourth-order valence-corrected chi connectivity index (χ4v) is 4.22. The maximum Gasteiger partial charge on any atom is 0.274 e. The molecule has 1 saturated heterocycles. The van der Waals surface area contributed by atoms with Crippen LogP contribution in [0, 0.1) is 0 Å². The van der Waals surface area contributed by atoms with Crippen LogP contribution in [-0.4, -0.2) is 51.9 Å². The van der Waals surface area contributed by atoms with Crippen molar-refractivity contribution < 1.29 is 14.3 Å². The van der Waals surface area contributed by atoms with Crippen molar-refractivity contribution in [2.75, 3.05) is 20.2 Å². The van der Waals surface area contributed by atoms with Gasteiger partial charge in [-0.25, -0.2) is 4.98 Å². The number of hydrogen-bond donors (Lipinski definition) is 0. The van der Waals surface area contributed by atoms with Crippen molar-refractivity contribution in [1.29, 1.82) is 0 Å². The first-order valence-corrected chi connectivity index (χ1v) is 9.92. The molecule has 0 bridgehead atoms. The van der Waals surface area contributed by atoms with Crippen LogP contribution in [0.15, 0.2) is 30.5 Å². The van der Waals surface area contributed by atoms with Crippen LogP contribution in [0.3, 0.4) is 0 Å². The fraction of sp³-hybridized carbons (Fsp3) is 0.421. The Bertz CT molecular complexity index is 943. The molecule has 8 heteroatoms. The van der Waals surface area contributed by atoms with Gasteiger partial charge in [-0.2, -0.15) is 5.10 Å². The largest absolute Gasteiger partial charge is 0.497 e. The summed E-state index contributed by atoms with van der Waals surface area (Å²) >= 11 is 1.53. The summed E-state index contributed by atoms with van der Waals surface area (Å²) in [7, 11) is 1.65. The van der Waals surface area contributed by atoms with Crippen molar-refractivity contribution in [3.8, 4) is 10.9 Å². The molecule has 1 aromatic carbocycles. The zero-order valence-electron chi connectivity index (χ0n) is 15.4. The molecular weight excluding hydrogens is 364 g/mol. The summed E-state index contributed by atoms with van der Waals surface area (Å²) in [6, 6.07) is 7.59. The zero-order chi connectivity index (χ0) is 18.8. The number of carbonyl (C=O) groups is 1. The molecule has 0 unspecified atom stereocenters. The first kappa shape index (κ1) is 17.8. The minimum atomic E-state index is 0.0416. The van der Waals surface area contributed by atoms with Crippen LogP contribution in [0.25, 0.3) is 10.2 Å². The van der Waals surface area contributed by atoms with E-state index in [-0.39, 0.29) is 12.0 Å². The van der Waals surface area contributed by atoms with E-state index in [2.05, 4.69) is 10.1 Å². The summed E-state index contributed by atoms with van der Waals surface area (Å²) in [6.07, 6.45) is 3.35. The summed E-state index contributed by atoms with van der Waals surface area (Å²) < 4.78 is 14.1. The number of aromatic nitrogens is 3. The van der Waals surface area contributed by atoms with Crippen LogP contribution in [0.1, 0.15) is 30.3 Å². The number of carbonyl (C=O) groups excluding carboxylic acids is 1. The molecule has 1 aliphatic heterocycles. The third-order valence-electron chi connectivity index (χ3n) is 4.81. The van der Waals surface area contributed by atoms with E-state index in [1.54, 1.807) is 24.1 Å². The second-order valence-electron chi connectivity index (χ2n) is 6.46. The standard InChI is InChI=1S/C19H22N4O3S/c1-3-23-16(6-9-20-23)18(24)22-10-7-13(8-11-22)26-19-21-15-5-4-14(25-2)12-17(15)27-19/h4-6,9,12-13H,3,7-8,10-11H2,1-2H3. The van der Waals surface area contributed by atoms with Gasteiger partial charge in [-0.3, -0.25) is 9.48 Å². The Labute approximate surface area is 161 Å². The van der Waals surface area contributed by atoms with Gasteiger partial charge in [0.2, 0.25) is 0 Å². The van der Waals surface area contributed by atoms with Gasteiger partial charge >= 0.3 is 0 Å². The molecule has 0 N–H and O–H groups in total. The van der Waals surface area contributed by atoms with E-state index in [4.69, 9.17) is 9.47 Å². The Balaban J connectivity index is 1.37. The molecule has 0 aliphatic carbocycles. The lowest BCUT2D eigenvalue weighted by Crippen LogP contribution is -2.42. The van der Waals surface area contributed by atoms with E-state index in [1.807, 2.05) is 30.0 Å². The highest BCUT2D eigenvalue weighted by Gasteiger charge is 2.27. The molecule has 2 aromatic heterocycles. The molecule has 3 heterocycles. The predicted octanol–water partition coefficient (Wildman–Crippen LogP) is 3.20. The maximum atomic E-state index is 12.7. The normalized spacial score (nSPS) is 15.3. The lowest BCUT2D eigenvalue weighted by Gasteiger charge is -2.31. The van der Waals surface area contributed by atoms with Crippen LogP contribution < -0.4 is 9.47 Å². The number of nitrogens with zero attached hydrogens (tertiary/aromatic N) is 4. The minimum Gasteiger partial charge on any atom is -0.497 e. The number of piperidine rings is 1. The number of ether oxygens (including phenoxy) is 2.